The molecule has 0 aliphatic carbocycles. The number of hydrogen-bond acceptors (Lipinski definition) is 4. The first-order valence-corrected chi connectivity index (χ1v) is 7.00. The number of nitrogens with two attached hydrogens (primary N) is 1. The molecule has 2 N–H and O–H groups in total. The zero-order valence-electron chi connectivity index (χ0n) is 10.4. The van der Waals surface area contributed by atoms with Crippen molar-refractivity contribution in [2.75, 3.05) is 19.1 Å². The average Bonchev–Trinajstić information content (AvgIpc) is 2.39. The molecule has 2 aromatic rings. The van der Waals surface area contributed by atoms with Gasteiger partial charge in [0.25, 0.3) is 0 Å². The highest BCUT2D eigenvalue weighted by Crippen LogP contribution is 2.35. The molecule has 0 bridgehead atoms. The van der Waals surface area contributed by atoms with Gasteiger partial charge in [-0.3, -0.25) is 4.98 Å². The quantitative estimate of drug-likeness (QED) is 0.874. The fraction of sp³-hybridized carbons (Fsp3) is 0.154. The first-order valence-electron chi connectivity index (χ1n) is 5.40. The lowest BCUT2D eigenvalue weighted by Crippen LogP contribution is -1.96. The van der Waals surface area contributed by atoms with Crippen molar-refractivity contribution in [3.8, 4) is 17.0 Å². The molecule has 0 radical (unpaired) electrons. The molecule has 1 aromatic heterocycles. The van der Waals surface area contributed by atoms with E-state index in [1.54, 1.807) is 24.4 Å². The molecule has 0 saturated heterocycles. The smallest absolute Gasteiger partial charge is 0.175 e. The van der Waals surface area contributed by atoms with Crippen LogP contribution in [0.5, 0.6) is 5.75 Å². The van der Waals surface area contributed by atoms with Gasteiger partial charge in [0.15, 0.2) is 11.6 Å². The number of methoxy groups -OCH3 is 1. The molecule has 0 fully saturated rings. The van der Waals surface area contributed by atoms with Crippen LogP contribution < -0.4 is 10.5 Å². The lowest BCUT2D eigenvalue weighted by molar-refractivity contribution is 0.387. The number of anilines is 1. The fourth-order valence-electron chi connectivity index (χ4n) is 1.69. The number of aromatic nitrogens is 1. The molecule has 1 aromatic carbocycles. The SMILES string of the molecule is COc1c(Cl)ccc(-c2cc(N)c(SC)cn2)c1F. The Morgan fingerprint density at radius 2 is 2.16 bits per heavy atom. The van der Waals surface area contributed by atoms with Crippen molar-refractivity contribution in [1.82, 2.24) is 4.98 Å². The van der Waals surface area contributed by atoms with E-state index in [1.807, 2.05) is 6.26 Å². The topological polar surface area (TPSA) is 48.1 Å². The summed E-state index contributed by atoms with van der Waals surface area (Å²) in [6.45, 7) is 0. The van der Waals surface area contributed by atoms with E-state index in [4.69, 9.17) is 22.1 Å². The summed E-state index contributed by atoms with van der Waals surface area (Å²) in [5.74, 6) is -0.535. The van der Waals surface area contributed by atoms with E-state index in [-0.39, 0.29) is 10.8 Å². The minimum Gasteiger partial charge on any atom is -0.492 e. The lowest BCUT2D eigenvalue weighted by Gasteiger charge is -2.10. The summed E-state index contributed by atoms with van der Waals surface area (Å²) in [6.07, 6.45) is 3.52. The van der Waals surface area contributed by atoms with E-state index in [9.17, 15) is 4.39 Å². The summed E-state index contributed by atoms with van der Waals surface area (Å²) in [6, 6.07) is 4.76. The van der Waals surface area contributed by atoms with E-state index in [1.165, 1.54) is 18.9 Å². The van der Waals surface area contributed by atoms with E-state index in [0.29, 0.717) is 16.9 Å². The minimum absolute atomic E-state index is 0.00785. The van der Waals surface area contributed by atoms with Gasteiger partial charge >= 0.3 is 0 Å². The Labute approximate surface area is 119 Å². The number of pyridine rings is 1. The number of hydrogen-bond donors (Lipinski definition) is 1. The molecule has 0 amide bonds. The predicted octanol–water partition coefficient (Wildman–Crippen LogP) is 3.85. The van der Waals surface area contributed by atoms with Crippen molar-refractivity contribution in [3.63, 3.8) is 0 Å². The lowest BCUT2D eigenvalue weighted by atomic mass is 10.1. The maximum Gasteiger partial charge on any atom is 0.175 e. The average molecular weight is 299 g/mol. The normalized spacial score (nSPS) is 10.5. The van der Waals surface area contributed by atoms with Gasteiger partial charge in [-0.25, -0.2) is 4.39 Å². The maximum atomic E-state index is 14.2. The van der Waals surface area contributed by atoms with Crippen molar-refractivity contribution in [2.45, 2.75) is 4.90 Å². The number of rotatable bonds is 3. The second kappa shape index (κ2) is 5.67. The molecule has 0 saturated carbocycles. The number of nitrogen functional groups attached to an aromatic ring is 1. The van der Waals surface area contributed by atoms with Gasteiger partial charge in [0, 0.05) is 22.3 Å². The molecule has 19 heavy (non-hydrogen) atoms. The second-order valence-corrected chi connectivity index (χ2v) is 5.01. The van der Waals surface area contributed by atoms with Gasteiger partial charge in [-0.05, 0) is 24.5 Å². The predicted molar refractivity (Wildman–Crippen MR) is 77.4 cm³/mol. The summed E-state index contributed by atoms with van der Waals surface area (Å²) in [5, 5.41) is 0.220. The van der Waals surface area contributed by atoms with Crippen LogP contribution in [-0.4, -0.2) is 18.3 Å². The summed E-state index contributed by atoms with van der Waals surface area (Å²) < 4.78 is 19.2. The Bertz CT molecular complexity index is 622. The third-order valence-corrected chi connectivity index (χ3v) is 3.73. The standard InChI is InChI=1S/C13H12ClFN2OS/c1-18-13-8(14)4-3-7(12(13)15)10-5-9(16)11(19-2)6-17-10/h3-6H,1-2H3,(H2,16,17). The first kappa shape index (κ1) is 14.0. The van der Waals surface area contributed by atoms with Gasteiger partial charge in [-0.15, -0.1) is 11.8 Å². The number of thioether (sulfide) groups is 1. The Hall–Kier alpha value is -1.46. The van der Waals surface area contributed by atoms with E-state index in [0.717, 1.165) is 4.90 Å². The van der Waals surface area contributed by atoms with Crippen LogP contribution in [0.25, 0.3) is 11.3 Å². The fourth-order valence-corrected chi connectivity index (χ4v) is 2.37. The van der Waals surface area contributed by atoms with Crippen molar-refractivity contribution < 1.29 is 9.13 Å². The zero-order chi connectivity index (χ0) is 14.0. The number of ether oxygens (including phenoxy) is 1. The van der Waals surface area contributed by atoms with Crippen LogP contribution in [0, 0.1) is 5.82 Å². The van der Waals surface area contributed by atoms with Gasteiger partial charge < -0.3 is 10.5 Å². The third kappa shape index (κ3) is 2.62. The highest BCUT2D eigenvalue weighted by atomic mass is 35.5. The number of halogens is 2. The maximum absolute atomic E-state index is 14.2. The van der Waals surface area contributed by atoms with Gasteiger partial charge in [-0.2, -0.15) is 0 Å². The van der Waals surface area contributed by atoms with Crippen molar-refractivity contribution in [3.05, 3.63) is 35.2 Å². The highest BCUT2D eigenvalue weighted by molar-refractivity contribution is 7.98. The van der Waals surface area contributed by atoms with E-state index in [2.05, 4.69) is 4.98 Å². The van der Waals surface area contributed by atoms with E-state index < -0.39 is 5.82 Å². The van der Waals surface area contributed by atoms with Crippen LogP contribution in [0.2, 0.25) is 5.02 Å². The van der Waals surface area contributed by atoms with Crippen molar-refractivity contribution in [2.24, 2.45) is 0 Å². The van der Waals surface area contributed by atoms with Crippen LogP contribution >= 0.6 is 23.4 Å². The Balaban J connectivity index is 2.56. The van der Waals surface area contributed by atoms with Gasteiger partial charge in [0.1, 0.15) is 0 Å². The Morgan fingerprint density at radius 3 is 2.74 bits per heavy atom. The number of benzene rings is 1. The Morgan fingerprint density at radius 1 is 1.42 bits per heavy atom. The summed E-state index contributed by atoms with van der Waals surface area (Å²) >= 11 is 7.34. The minimum atomic E-state index is -0.543. The Kier molecular flexibility index (Phi) is 4.17. The van der Waals surface area contributed by atoms with Gasteiger partial charge in [0.05, 0.1) is 17.8 Å². The van der Waals surface area contributed by atoms with Crippen LogP contribution in [0.3, 0.4) is 0 Å². The van der Waals surface area contributed by atoms with Crippen LogP contribution in [0.4, 0.5) is 10.1 Å². The van der Waals surface area contributed by atoms with E-state index >= 15 is 0 Å². The van der Waals surface area contributed by atoms with Gasteiger partial charge in [-0.1, -0.05) is 11.6 Å². The third-order valence-electron chi connectivity index (χ3n) is 2.65. The molecule has 0 unspecified atom stereocenters. The molecule has 2 rings (SSSR count). The van der Waals surface area contributed by atoms with Crippen molar-refractivity contribution in [1.29, 1.82) is 0 Å². The molecular formula is C13H12ClFN2OS. The van der Waals surface area contributed by atoms with Crippen LogP contribution in [-0.2, 0) is 0 Å². The summed E-state index contributed by atoms with van der Waals surface area (Å²) in [4.78, 5) is 5.06. The molecule has 0 aliphatic rings. The first-order chi connectivity index (χ1) is 9.08. The number of nitrogens with zero attached hydrogens (tertiary/aromatic N) is 1. The monoisotopic (exact) mass is 298 g/mol. The molecule has 0 spiro atoms. The summed E-state index contributed by atoms with van der Waals surface area (Å²) in [7, 11) is 1.37. The van der Waals surface area contributed by atoms with Crippen molar-refractivity contribution >= 4 is 29.1 Å². The molecule has 3 nitrogen and oxygen atoms in total. The molecule has 0 aliphatic heterocycles. The molecule has 100 valence electrons. The molecule has 0 atom stereocenters. The molecular weight excluding hydrogens is 287 g/mol. The molecule has 1 heterocycles. The van der Waals surface area contributed by atoms with Gasteiger partial charge in [0.2, 0.25) is 0 Å². The van der Waals surface area contributed by atoms with Crippen LogP contribution in [0.1, 0.15) is 0 Å². The molecule has 6 heteroatoms. The summed E-state index contributed by atoms with van der Waals surface area (Å²) in [5.41, 5.74) is 7.19. The highest BCUT2D eigenvalue weighted by Gasteiger charge is 2.16. The second-order valence-electron chi connectivity index (χ2n) is 3.75. The van der Waals surface area contributed by atoms with Crippen LogP contribution in [0.15, 0.2) is 29.3 Å². The zero-order valence-corrected chi connectivity index (χ0v) is 12.0. The largest absolute Gasteiger partial charge is 0.492 e.